The zero-order chi connectivity index (χ0) is 15.6. The van der Waals surface area contributed by atoms with Gasteiger partial charge in [-0.25, -0.2) is 19.9 Å². The first-order valence-corrected chi connectivity index (χ1v) is 7.28. The van der Waals surface area contributed by atoms with Crippen LogP contribution in [0.5, 0.6) is 5.88 Å². The van der Waals surface area contributed by atoms with E-state index in [-0.39, 0.29) is 5.41 Å². The van der Waals surface area contributed by atoms with Crippen LogP contribution in [0.1, 0.15) is 26.5 Å². The largest absolute Gasteiger partial charge is 0.481 e. The third kappa shape index (κ3) is 3.29. The molecule has 1 N–H and O–H groups in total. The molecule has 0 unspecified atom stereocenters. The topological polar surface area (TPSA) is 72.8 Å². The van der Waals surface area contributed by atoms with Crippen molar-refractivity contribution in [1.82, 2.24) is 19.9 Å². The Labute approximate surface area is 132 Å². The second-order valence-corrected chi connectivity index (χ2v) is 6.30. The average Bonchev–Trinajstić information content (AvgIpc) is 2.46. The highest BCUT2D eigenvalue weighted by Crippen LogP contribution is 2.34. The van der Waals surface area contributed by atoms with E-state index in [9.17, 15) is 0 Å². The monoisotopic (exact) mass is 351 g/mol. The summed E-state index contributed by atoms with van der Waals surface area (Å²) in [7, 11) is 3.39. The van der Waals surface area contributed by atoms with Crippen molar-refractivity contribution in [2.24, 2.45) is 0 Å². The van der Waals surface area contributed by atoms with E-state index in [1.807, 2.05) is 7.05 Å². The minimum atomic E-state index is -0.126. The van der Waals surface area contributed by atoms with Gasteiger partial charge in [0.15, 0.2) is 5.82 Å². The van der Waals surface area contributed by atoms with Gasteiger partial charge in [-0.05, 0) is 15.9 Å². The van der Waals surface area contributed by atoms with E-state index in [0.717, 1.165) is 16.0 Å². The quantitative estimate of drug-likeness (QED) is 0.915. The summed E-state index contributed by atoms with van der Waals surface area (Å²) in [6.45, 7) is 6.30. The average molecular weight is 352 g/mol. The number of hydrogen-bond acceptors (Lipinski definition) is 6. The fourth-order valence-electron chi connectivity index (χ4n) is 1.80. The summed E-state index contributed by atoms with van der Waals surface area (Å²) in [5.74, 6) is 1.74. The number of aromatic nitrogens is 4. The summed E-state index contributed by atoms with van der Waals surface area (Å²) in [5, 5.41) is 3.07. The molecule has 0 fully saturated rings. The van der Waals surface area contributed by atoms with Crippen LogP contribution in [-0.2, 0) is 5.41 Å². The molecule has 0 aromatic carbocycles. The first-order valence-electron chi connectivity index (χ1n) is 6.49. The van der Waals surface area contributed by atoms with Gasteiger partial charge in [-0.1, -0.05) is 20.8 Å². The molecule has 2 aromatic rings. The van der Waals surface area contributed by atoms with Gasteiger partial charge in [0.05, 0.1) is 17.3 Å². The van der Waals surface area contributed by atoms with E-state index in [2.05, 4.69) is 62.0 Å². The second-order valence-electron chi connectivity index (χ2n) is 5.50. The normalized spacial score (nSPS) is 11.3. The van der Waals surface area contributed by atoms with E-state index in [1.54, 1.807) is 13.2 Å². The summed E-state index contributed by atoms with van der Waals surface area (Å²) < 4.78 is 5.99. The number of hydrogen-bond donors (Lipinski definition) is 1. The maximum Gasteiger partial charge on any atom is 0.216 e. The van der Waals surface area contributed by atoms with Crippen molar-refractivity contribution in [1.29, 1.82) is 0 Å². The molecule has 0 bridgehead atoms. The van der Waals surface area contributed by atoms with Crippen molar-refractivity contribution < 1.29 is 4.74 Å². The Kier molecular flexibility index (Phi) is 4.41. The van der Waals surface area contributed by atoms with Crippen LogP contribution >= 0.6 is 15.9 Å². The number of halogens is 1. The number of methoxy groups -OCH3 is 1. The summed E-state index contributed by atoms with van der Waals surface area (Å²) >= 11 is 3.57. The van der Waals surface area contributed by atoms with E-state index in [0.29, 0.717) is 17.4 Å². The van der Waals surface area contributed by atoms with Crippen LogP contribution in [0.25, 0.3) is 11.5 Å². The lowest BCUT2D eigenvalue weighted by Crippen LogP contribution is -2.17. The SMILES string of the molecule is CNc1nc(-c2cc(OC)ncn2)nc(C(C)(C)C)c1Br. The van der Waals surface area contributed by atoms with Gasteiger partial charge in [-0.2, -0.15) is 0 Å². The molecule has 7 heteroatoms. The highest BCUT2D eigenvalue weighted by atomic mass is 79.9. The van der Waals surface area contributed by atoms with Gasteiger partial charge in [0, 0.05) is 18.5 Å². The van der Waals surface area contributed by atoms with Gasteiger partial charge >= 0.3 is 0 Å². The summed E-state index contributed by atoms with van der Waals surface area (Å²) in [5.41, 5.74) is 1.41. The van der Waals surface area contributed by atoms with Gasteiger partial charge in [-0.15, -0.1) is 0 Å². The number of rotatable bonds is 3. The molecule has 0 spiro atoms. The maximum absolute atomic E-state index is 5.12. The van der Waals surface area contributed by atoms with Crippen LogP contribution in [0.15, 0.2) is 16.9 Å². The molecule has 2 rings (SSSR count). The fourth-order valence-corrected chi connectivity index (χ4v) is 2.77. The molecule has 21 heavy (non-hydrogen) atoms. The lowest BCUT2D eigenvalue weighted by Gasteiger charge is -2.21. The van der Waals surface area contributed by atoms with Gasteiger partial charge in [0.2, 0.25) is 5.88 Å². The first-order chi connectivity index (χ1) is 9.86. The second kappa shape index (κ2) is 5.93. The Hall–Kier alpha value is -1.76. The Morgan fingerprint density at radius 2 is 1.90 bits per heavy atom. The van der Waals surface area contributed by atoms with E-state index >= 15 is 0 Å². The van der Waals surface area contributed by atoms with Crippen LogP contribution in [0, 0.1) is 0 Å². The van der Waals surface area contributed by atoms with Gasteiger partial charge in [0.1, 0.15) is 17.8 Å². The molecule has 0 amide bonds. The van der Waals surface area contributed by atoms with Crippen LogP contribution in [0.2, 0.25) is 0 Å². The molecule has 6 nitrogen and oxygen atoms in total. The summed E-state index contributed by atoms with van der Waals surface area (Å²) in [6, 6.07) is 1.72. The van der Waals surface area contributed by atoms with Crippen molar-refractivity contribution in [3.05, 3.63) is 22.6 Å². The van der Waals surface area contributed by atoms with Gasteiger partial charge in [-0.3, -0.25) is 0 Å². The van der Waals surface area contributed by atoms with Crippen LogP contribution in [0.3, 0.4) is 0 Å². The smallest absolute Gasteiger partial charge is 0.216 e. The van der Waals surface area contributed by atoms with E-state index < -0.39 is 0 Å². The minimum Gasteiger partial charge on any atom is -0.481 e. The molecule has 112 valence electrons. The molecule has 2 heterocycles. The van der Waals surface area contributed by atoms with Crippen molar-refractivity contribution in [2.75, 3.05) is 19.5 Å². The minimum absolute atomic E-state index is 0.126. The molecular weight excluding hydrogens is 334 g/mol. The zero-order valence-electron chi connectivity index (χ0n) is 12.7. The number of nitrogens with one attached hydrogen (secondary N) is 1. The van der Waals surface area contributed by atoms with Crippen molar-refractivity contribution in [2.45, 2.75) is 26.2 Å². The predicted molar refractivity (Wildman–Crippen MR) is 85.6 cm³/mol. The number of nitrogens with zero attached hydrogens (tertiary/aromatic N) is 4. The summed E-state index contributed by atoms with van der Waals surface area (Å²) in [6.07, 6.45) is 1.44. The molecule has 0 aliphatic rings. The van der Waals surface area contributed by atoms with E-state index in [4.69, 9.17) is 4.74 Å². The third-order valence-electron chi connectivity index (χ3n) is 2.88. The number of anilines is 1. The molecule has 0 atom stereocenters. The van der Waals surface area contributed by atoms with Gasteiger partial charge < -0.3 is 10.1 Å². The Balaban J connectivity index is 2.63. The van der Waals surface area contributed by atoms with Crippen LogP contribution in [-0.4, -0.2) is 34.1 Å². The molecule has 0 aliphatic carbocycles. The molecule has 0 saturated heterocycles. The molecule has 0 aliphatic heterocycles. The predicted octanol–water partition coefficient (Wildman–Crippen LogP) is 3.04. The molecular formula is C14H18BrN5O. The van der Waals surface area contributed by atoms with Gasteiger partial charge in [0.25, 0.3) is 0 Å². The van der Waals surface area contributed by atoms with Crippen molar-refractivity contribution >= 4 is 21.7 Å². The molecule has 0 radical (unpaired) electrons. The summed E-state index contributed by atoms with van der Waals surface area (Å²) in [4.78, 5) is 17.4. The zero-order valence-corrected chi connectivity index (χ0v) is 14.3. The Morgan fingerprint density at radius 1 is 1.19 bits per heavy atom. The van der Waals surface area contributed by atoms with Crippen LogP contribution in [0.4, 0.5) is 5.82 Å². The third-order valence-corrected chi connectivity index (χ3v) is 3.63. The van der Waals surface area contributed by atoms with Crippen molar-refractivity contribution in [3.63, 3.8) is 0 Å². The van der Waals surface area contributed by atoms with Crippen LogP contribution < -0.4 is 10.1 Å². The van der Waals surface area contributed by atoms with E-state index in [1.165, 1.54) is 6.33 Å². The number of ether oxygens (including phenoxy) is 1. The first kappa shape index (κ1) is 15.6. The van der Waals surface area contributed by atoms with Crippen molar-refractivity contribution in [3.8, 4) is 17.4 Å². The standard InChI is InChI=1S/C14H18BrN5O/c1-14(2,3)11-10(15)13(16-4)20-12(19-11)8-6-9(21-5)18-7-17-8/h6-7H,1-5H3,(H,16,19,20). The lowest BCUT2D eigenvalue weighted by atomic mass is 9.92. The lowest BCUT2D eigenvalue weighted by molar-refractivity contribution is 0.397. The molecule has 0 saturated carbocycles. The Bertz CT molecular complexity index is 654. The maximum atomic E-state index is 5.12. The molecule has 2 aromatic heterocycles. The Morgan fingerprint density at radius 3 is 2.48 bits per heavy atom. The fraction of sp³-hybridized carbons (Fsp3) is 0.429. The highest BCUT2D eigenvalue weighted by molar-refractivity contribution is 9.10. The highest BCUT2D eigenvalue weighted by Gasteiger charge is 2.23.